The van der Waals surface area contributed by atoms with E-state index in [2.05, 4.69) is 16.9 Å². The third kappa shape index (κ3) is 4.61. The van der Waals surface area contributed by atoms with Crippen LogP contribution in [-0.4, -0.2) is 31.5 Å². The van der Waals surface area contributed by atoms with Crippen LogP contribution in [0.5, 0.6) is 0 Å². The molecule has 0 aliphatic heterocycles. The molecule has 0 saturated carbocycles. The lowest BCUT2D eigenvalue weighted by atomic mass is 10.1. The van der Waals surface area contributed by atoms with Crippen molar-refractivity contribution in [1.82, 2.24) is 5.32 Å². The Labute approximate surface area is 114 Å². The van der Waals surface area contributed by atoms with Gasteiger partial charge in [-0.05, 0) is 55.5 Å². The maximum Gasteiger partial charge on any atom is 0.251 e. The summed E-state index contributed by atoms with van der Waals surface area (Å²) in [6.45, 7) is 2.72. The highest BCUT2D eigenvalue weighted by atomic mass is 32.2. The van der Waals surface area contributed by atoms with E-state index in [4.69, 9.17) is 0 Å². The number of thioether (sulfide) groups is 1. The van der Waals surface area contributed by atoms with Gasteiger partial charge in [-0.3, -0.25) is 4.79 Å². The van der Waals surface area contributed by atoms with Crippen LogP contribution in [0, 0.1) is 6.92 Å². The monoisotopic (exact) mass is 266 g/mol. The van der Waals surface area contributed by atoms with E-state index in [-0.39, 0.29) is 5.91 Å². The van der Waals surface area contributed by atoms with Crippen LogP contribution in [0.15, 0.2) is 18.2 Å². The van der Waals surface area contributed by atoms with Crippen LogP contribution in [0.3, 0.4) is 0 Å². The number of anilines is 1. The molecule has 0 atom stereocenters. The Balaban J connectivity index is 2.46. The molecule has 0 aromatic heterocycles. The molecular weight excluding hydrogens is 244 g/mol. The molecule has 18 heavy (non-hydrogen) atoms. The predicted octanol–water partition coefficient (Wildman–Crippen LogP) is 2.91. The minimum absolute atomic E-state index is 0.0271. The Bertz CT molecular complexity index is 393. The predicted molar refractivity (Wildman–Crippen MR) is 80.7 cm³/mol. The number of aryl methyl sites for hydroxylation is 1. The second kappa shape index (κ2) is 8.03. The number of hydrogen-bond acceptors (Lipinski definition) is 3. The highest BCUT2D eigenvalue weighted by molar-refractivity contribution is 7.98. The summed E-state index contributed by atoms with van der Waals surface area (Å²) in [5, 5.41) is 6.03. The average Bonchev–Trinajstić information content (AvgIpc) is 2.38. The molecular formula is C14H22N2OS. The van der Waals surface area contributed by atoms with Crippen molar-refractivity contribution >= 4 is 23.4 Å². The van der Waals surface area contributed by atoms with Crippen molar-refractivity contribution in [3.63, 3.8) is 0 Å². The van der Waals surface area contributed by atoms with Crippen molar-refractivity contribution in [1.29, 1.82) is 0 Å². The third-order valence-corrected chi connectivity index (χ3v) is 3.52. The fraction of sp³-hybridized carbons (Fsp3) is 0.500. The zero-order valence-electron chi connectivity index (χ0n) is 11.4. The number of hydrogen-bond donors (Lipinski definition) is 2. The van der Waals surface area contributed by atoms with E-state index in [9.17, 15) is 4.79 Å². The van der Waals surface area contributed by atoms with Gasteiger partial charge in [0, 0.05) is 24.8 Å². The number of amides is 1. The van der Waals surface area contributed by atoms with E-state index >= 15 is 0 Å². The maximum absolute atomic E-state index is 12.0. The summed E-state index contributed by atoms with van der Waals surface area (Å²) in [6, 6.07) is 5.79. The minimum Gasteiger partial charge on any atom is -0.388 e. The van der Waals surface area contributed by atoms with Crippen LogP contribution in [0.4, 0.5) is 5.69 Å². The van der Waals surface area contributed by atoms with Crippen molar-refractivity contribution < 1.29 is 4.79 Å². The van der Waals surface area contributed by atoms with Crippen molar-refractivity contribution in [3.8, 4) is 0 Å². The van der Waals surface area contributed by atoms with Crippen LogP contribution in [-0.2, 0) is 0 Å². The molecule has 100 valence electrons. The van der Waals surface area contributed by atoms with Crippen molar-refractivity contribution in [2.24, 2.45) is 0 Å². The number of carbonyl (C=O) groups excluding carboxylic acids is 1. The fourth-order valence-electron chi connectivity index (χ4n) is 1.74. The Morgan fingerprint density at radius 2 is 2.11 bits per heavy atom. The fourth-order valence-corrected chi connectivity index (χ4v) is 2.24. The molecule has 1 rings (SSSR count). The molecule has 0 fully saturated rings. The van der Waals surface area contributed by atoms with E-state index < -0.39 is 0 Å². The molecule has 0 spiro atoms. The Morgan fingerprint density at radius 1 is 1.33 bits per heavy atom. The average molecular weight is 266 g/mol. The highest BCUT2D eigenvalue weighted by Gasteiger charge is 2.08. The van der Waals surface area contributed by atoms with Gasteiger partial charge in [-0.1, -0.05) is 0 Å². The smallest absolute Gasteiger partial charge is 0.251 e. The Morgan fingerprint density at radius 3 is 2.72 bits per heavy atom. The summed E-state index contributed by atoms with van der Waals surface area (Å²) in [6.07, 6.45) is 4.30. The first-order chi connectivity index (χ1) is 8.69. The van der Waals surface area contributed by atoms with Crippen molar-refractivity contribution in [2.45, 2.75) is 19.8 Å². The lowest BCUT2D eigenvalue weighted by molar-refractivity contribution is 0.0952. The molecule has 1 aromatic rings. The van der Waals surface area contributed by atoms with E-state index in [1.165, 1.54) is 0 Å². The number of unbranched alkanes of at least 4 members (excludes halogenated alkanes) is 1. The molecule has 0 aliphatic carbocycles. The van der Waals surface area contributed by atoms with Crippen LogP contribution < -0.4 is 10.6 Å². The summed E-state index contributed by atoms with van der Waals surface area (Å²) in [5.74, 6) is 1.19. The van der Waals surface area contributed by atoms with Crippen molar-refractivity contribution in [3.05, 3.63) is 29.3 Å². The third-order valence-electron chi connectivity index (χ3n) is 2.82. The number of rotatable bonds is 7. The summed E-state index contributed by atoms with van der Waals surface area (Å²) >= 11 is 1.84. The van der Waals surface area contributed by atoms with Crippen molar-refractivity contribution in [2.75, 3.05) is 30.9 Å². The van der Waals surface area contributed by atoms with Gasteiger partial charge >= 0.3 is 0 Å². The molecule has 0 heterocycles. The van der Waals surface area contributed by atoms with Gasteiger partial charge in [0.1, 0.15) is 0 Å². The molecule has 0 radical (unpaired) electrons. The Kier molecular flexibility index (Phi) is 6.65. The van der Waals surface area contributed by atoms with E-state index in [1.807, 2.05) is 43.9 Å². The van der Waals surface area contributed by atoms with Gasteiger partial charge in [-0.25, -0.2) is 0 Å². The molecule has 4 heteroatoms. The van der Waals surface area contributed by atoms with Gasteiger partial charge in [-0.15, -0.1) is 0 Å². The molecule has 0 aliphatic rings. The lowest BCUT2D eigenvalue weighted by Crippen LogP contribution is -2.25. The molecule has 1 amide bonds. The minimum atomic E-state index is 0.0271. The molecule has 0 saturated heterocycles. The summed E-state index contributed by atoms with van der Waals surface area (Å²) in [5.41, 5.74) is 2.80. The zero-order valence-corrected chi connectivity index (χ0v) is 12.2. The Hall–Kier alpha value is -1.16. The second-order valence-corrected chi connectivity index (χ2v) is 5.22. The summed E-state index contributed by atoms with van der Waals surface area (Å²) in [7, 11) is 1.88. The quantitative estimate of drug-likeness (QED) is 0.746. The van der Waals surface area contributed by atoms with Crippen LogP contribution in [0.1, 0.15) is 28.8 Å². The first kappa shape index (κ1) is 14.9. The van der Waals surface area contributed by atoms with Crippen LogP contribution in [0.2, 0.25) is 0 Å². The van der Waals surface area contributed by atoms with Crippen LogP contribution in [0.25, 0.3) is 0 Å². The first-order valence-corrected chi connectivity index (χ1v) is 7.64. The molecule has 0 bridgehead atoms. The number of benzene rings is 1. The molecule has 2 N–H and O–H groups in total. The van der Waals surface area contributed by atoms with E-state index in [1.54, 1.807) is 0 Å². The van der Waals surface area contributed by atoms with E-state index in [0.717, 1.165) is 42.0 Å². The first-order valence-electron chi connectivity index (χ1n) is 6.24. The summed E-state index contributed by atoms with van der Waals surface area (Å²) < 4.78 is 0. The standard InChI is InChI=1S/C14H22N2OS/c1-11-10-12(15-2)6-7-13(11)14(17)16-8-4-5-9-18-3/h6-7,10,15H,4-5,8-9H2,1-3H3,(H,16,17). The number of carbonyl (C=O) groups is 1. The van der Waals surface area contributed by atoms with Gasteiger partial charge in [-0.2, -0.15) is 11.8 Å². The molecule has 3 nitrogen and oxygen atoms in total. The second-order valence-electron chi connectivity index (χ2n) is 4.24. The van der Waals surface area contributed by atoms with Gasteiger partial charge in [0.2, 0.25) is 0 Å². The SMILES string of the molecule is CNc1ccc(C(=O)NCCCCSC)c(C)c1. The lowest BCUT2D eigenvalue weighted by Gasteiger charge is -2.09. The van der Waals surface area contributed by atoms with Gasteiger partial charge < -0.3 is 10.6 Å². The van der Waals surface area contributed by atoms with Gasteiger partial charge in [0.25, 0.3) is 5.91 Å². The van der Waals surface area contributed by atoms with E-state index in [0.29, 0.717) is 0 Å². The normalized spacial score (nSPS) is 10.2. The number of nitrogens with one attached hydrogen (secondary N) is 2. The zero-order chi connectivity index (χ0) is 13.4. The van der Waals surface area contributed by atoms with Gasteiger partial charge in [0.15, 0.2) is 0 Å². The maximum atomic E-state index is 12.0. The highest BCUT2D eigenvalue weighted by Crippen LogP contribution is 2.14. The largest absolute Gasteiger partial charge is 0.388 e. The van der Waals surface area contributed by atoms with Crippen LogP contribution >= 0.6 is 11.8 Å². The molecule has 1 aromatic carbocycles. The van der Waals surface area contributed by atoms with Gasteiger partial charge in [0.05, 0.1) is 0 Å². The topological polar surface area (TPSA) is 41.1 Å². The summed E-state index contributed by atoms with van der Waals surface area (Å²) in [4.78, 5) is 12.0. The molecule has 0 unspecified atom stereocenters.